The molecule has 1 fully saturated rings. The molecule has 7 nitrogen and oxygen atoms in total. The van der Waals surface area contributed by atoms with Crippen molar-refractivity contribution in [2.24, 2.45) is 11.7 Å². The number of nitrogens with zero attached hydrogens (tertiary/aromatic N) is 2. The number of carboxylic acids is 1. The van der Waals surface area contributed by atoms with E-state index in [0.29, 0.717) is 23.7 Å². The summed E-state index contributed by atoms with van der Waals surface area (Å²) in [4.78, 5) is 31.9. The predicted molar refractivity (Wildman–Crippen MR) is 122 cm³/mol. The zero-order valence-electron chi connectivity index (χ0n) is 18.8. The van der Waals surface area contributed by atoms with Gasteiger partial charge in [0.25, 0.3) is 5.91 Å². The molecule has 10 heteroatoms. The second kappa shape index (κ2) is 9.83. The minimum Gasteiger partial charge on any atom is -0.478 e. The van der Waals surface area contributed by atoms with Crippen LogP contribution in [-0.4, -0.2) is 33.0 Å². The van der Waals surface area contributed by atoms with Crippen LogP contribution >= 0.6 is 0 Å². The number of aromatic carboxylic acids is 1. The molecule has 0 unspecified atom stereocenters. The summed E-state index contributed by atoms with van der Waals surface area (Å²) in [7, 11) is 0. The van der Waals surface area contributed by atoms with Crippen LogP contribution < -0.4 is 11.1 Å². The summed E-state index contributed by atoms with van der Waals surface area (Å²) in [5.74, 6) is -5.45. The Morgan fingerprint density at radius 2 is 1.77 bits per heavy atom. The second-order valence-electron chi connectivity index (χ2n) is 8.83. The van der Waals surface area contributed by atoms with Crippen LogP contribution in [0.2, 0.25) is 0 Å². The smallest absolute Gasteiger partial charge is 0.335 e. The Morgan fingerprint density at radius 3 is 2.43 bits per heavy atom. The van der Waals surface area contributed by atoms with Crippen molar-refractivity contribution in [2.45, 2.75) is 38.1 Å². The van der Waals surface area contributed by atoms with Crippen LogP contribution in [0.3, 0.4) is 0 Å². The zero-order chi connectivity index (χ0) is 25.3. The molecule has 2 heterocycles. The number of nitrogens with one attached hydrogen (secondary N) is 1. The third-order valence-electron chi connectivity index (χ3n) is 6.13. The van der Waals surface area contributed by atoms with Gasteiger partial charge in [-0.2, -0.15) is 0 Å². The number of nitrogens with two attached hydrogens (primary N) is 1. The number of rotatable bonds is 5. The number of carboxylic acid groups (broad SMARTS) is 1. The van der Waals surface area contributed by atoms with Crippen LogP contribution in [0, 0.1) is 23.4 Å². The Morgan fingerprint density at radius 1 is 1.06 bits per heavy atom. The fourth-order valence-electron chi connectivity index (χ4n) is 4.63. The number of hydrogen-bond acceptors (Lipinski definition) is 5. The lowest BCUT2D eigenvalue weighted by Gasteiger charge is -2.32. The summed E-state index contributed by atoms with van der Waals surface area (Å²) in [6, 6.07) is 4.93. The van der Waals surface area contributed by atoms with Gasteiger partial charge in [0, 0.05) is 12.2 Å². The molecule has 3 atom stereocenters. The SMILES string of the molecule is C[C@@H]1C[C@@H](N)C[C@H](c2ccncc2NC(=O)c2ccc(F)c(-c3c(F)cc(C(=O)O)cc3F)n2)C1. The van der Waals surface area contributed by atoms with Crippen LogP contribution in [-0.2, 0) is 0 Å². The maximum atomic E-state index is 14.5. The molecule has 0 saturated heterocycles. The third-order valence-corrected chi connectivity index (χ3v) is 6.13. The first-order chi connectivity index (χ1) is 16.6. The Bertz CT molecular complexity index is 1270. The molecule has 2 aromatic heterocycles. The van der Waals surface area contributed by atoms with Crippen molar-refractivity contribution >= 4 is 17.6 Å². The number of pyridine rings is 2. The number of carbonyl (C=O) groups is 2. The molecule has 0 spiro atoms. The Kier molecular flexibility index (Phi) is 6.83. The van der Waals surface area contributed by atoms with E-state index >= 15 is 0 Å². The van der Waals surface area contributed by atoms with E-state index in [2.05, 4.69) is 22.2 Å². The Labute approximate surface area is 199 Å². The Hall–Kier alpha value is -3.79. The maximum absolute atomic E-state index is 14.5. The monoisotopic (exact) mass is 484 g/mol. The summed E-state index contributed by atoms with van der Waals surface area (Å²) in [6.07, 6.45) is 5.68. The van der Waals surface area contributed by atoms with Gasteiger partial charge in [0.05, 0.1) is 23.0 Å². The van der Waals surface area contributed by atoms with Crippen LogP contribution in [0.4, 0.5) is 18.9 Å². The highest BCUT2D eigenvalue weighted by Crippen LogP contribution is 2.38. The van der Waals surface area contributed by atoms with Gasteiger partial charge in [-0.1, -0.05) is 6.92 Å². The summed E-state index contributed by atoms with van der Waals surface area (Å²) in [5, 5.41) is 11.7. The highest BCUT2D eigenvalue weighted by atomic mass is 19.1. The van der Waals surface area contributed by atoms with Gasteiger partial charge in [0.2, 0.25) is 0 Å². The van der Waals surface area contributed by atoms with Gasteiger partial charge in [0.15, 0.2) is 0 Å². The van der Waals surface area contributed by atoms with Gasteiger partial charge in [-0.25, -0.2) is 22.9 Å². The van der Waals surface area contributed by atoms with Crippen molar-refractivity contribution in [3.05, 3.63) is 77.0 Å². The number of hydrogen-bond donors (Lipinski definition) is 3. The average molecular weight is 484 g/mol. The van der Waals surface area contributed by atoms with E-state index in [9.17, 15) is 22.8 Å². The topological polar surface area (TPSA) is 118 Å². The molecule has 0 radical (unpaired) electrons. The quantitative estimate of drug-likeness (QED) is 0.481. The minimum absolute atomic E-state index is 0.0408. The number of anilines is 1. The van der Waals surface area contributed by atoms with Crippen molar-refractivity contribution in [1.82, 2.24) is 9.97 Å². The molecule has 182 valence electrons. The summed E-state index contributed by atoms with van der Waals surface area (Å²) < 4.78 is 43.5. The Balaban J connectivity index is 1.65. The van der Waals surface area contributed by atoms with Gasteiger partial charge in [-0.3, -0.25) is 9.78 Å². The molecule has 4 N–H and O–H groups in total. The lowest BCUT2D eigenvalue weighted by Crippen LogP contribution is -2.31. The van der Waals surface area contributed by atoms with Crippen LogP contribution in [0.5, 0.6) is 0 Å². The average Bonchev–Trinajstić information content (AvgIpc) is 2.79. The molecule has 1 saturated carbocycles. The molecule has 0 bridgehead atoms. The first-order valence-electron chi connectivity index (χ1n) is 11.0. The highest BCUT2D eigenvalue weighted by Gasteiger charge is 2.28. The number of benzene rings is 1. The molecular formula is C25H23F3N4O3. The molecular weight excluding hydrogens is 461 g/mol. The van der Waals surface area contributed by atoms with Crippen molar-refractivity contribution in [2.75, 3.05) is 5.32 Å². The fourth-order valence-corrected chi connectivity index (χ4v) is 4.63. The van der Waals surface area contributed by atoms with Crippen molar-refractivity contribution in [3.63, 3.8) is 0 Å². The van der Waals surface area contributed by atoms with E-state index in [1.165, 1.54) is 6.20 Å². The highest BCUT2D eigenvalue weighted by molar-refractivity contribution is 6.03. The molecule has 0 aliphatic heterocycles. The molecule has 1 amide bonds. The van der Waals surface area contributed by atoms with Crippen molar-refractivity contribution in [3.8, 4) is 11.3 Å². The molecule has 1 aliphatic rings. The van der Waals surface area contributed by atoms with Crippen LogP contribution in [0.15, 0.2) is 42.7 Å². The number of carbonyl (C=O) groups excluding carboxylic acids is 1. The minimum atomic E-state index is -1.54. The van der Waals surface area contributed by atoms with E-state index in [1.807, 2.05) is 6.07 Å². The standard InChI is InChI=1S/C25H23F3N4O3/c1-12-6-13(8-15(29)7-12)16-4-5-30-11-21(16)32-24(33)20-3-2-17(26)23(31-20)22-18(27)9-14(25(34)35)10-19(22)28/h2-5,9-13,15H,6-8,29H2,1H3,(H,32,33)(H,34,35)/t12-,13+,15+/m0/s1. The summed E-state index contributed by atoms with van der Waals surface area (Å²) in [6.45, 7) is 2.12. The third kappa shape index (κ3) is 5.17. The zero-order valence-corrected chi connectivity index (χ0v) is 18.8. The van der Waals surface area contributed by atoms with Gasteiger partial charge < -0.3 is 16.2 Å². The molecule has 1 aromatic carbocycles. The number of halogens is 3. The lowest BCUT2D eigenvalue weighted by atomic mass is 9.76. The maximum Gasteiger partial charge on any atom is 0.335 e. The van der Waals surface area contributed by atoms with E-state index < -0.39 is 46.1 Å². The van der Waals surface area contributed by atoms with Crippen LogP contribution in [0.1, 0.15) is 58.5 Å². The number of amides is 1. The van der Waals surface area contributed by atoms with E-state index in [0.717, 1.165) is 37.0 Å². The lowest BCUT2D eigenvalue weighted by molar-refractivity contribution is 0.0695. The van der Waals surface area contributed by atoms with Gasteiger partial charge >= 0.3 is 5.97 Å². The molecule has 35 heavy (non-hydrogen) atoms. The molecule has 3 aromatic rings. The number of aromatic nitrogens is 2. The molecule has 4 rings (SSSR count). The van der Waals surface area contributed by atoms with E-state index in [1.54, 1.807) is 6.20 Å². The predicted octanol–water partition coefficient (Wildman–Crippen LogP) is 4.74. The fraction of sp³-hybridized carbons (Fsp3) is 0.280. The first kappa shape index (κ1) is 24.3. The molecule has 1 aliphatic carbocycles. The summed E-state index contributed by atoms with van der Waals surface area (Å²) >= 11 is 0. The largest absolute Gasteiger partial charge is 0.478 e. The van der Waals surface area contributed by atoms with Crippen molar-refractivity contribution < 1.29 is 27.9 Å². The van der Waals surface area contributed by atoms with E-state index in [-0.39, 0.29) is 17.7 Å². The first-order valence-corrected chi connectivity index (χ1v) is 11.0. The second-order valence-corrected chi connectivity index (χ2v) is 8.83. The van der Waals surface area contributed by atoms with Gasteiger partial charge in [-0.05, 0) is 67.0 Å². The van der Waals surface area contributed by atoms with Gasteiger partial charge in [-0.15, -0.1) is 0 Å². The summed E-state index contributed by atoms with van der Waals surface area (Å²) in [5.41, 5.74) is 4.95. The van der Waals surface area contributed by atoms with E-state index in [4.69, 9.17) is 10.8 Å². The van der Waals surface area contributed by atoms with Crippen LogP contribution in [0.25, 0.3) is 11.3 Å². The van der Waals surface area contributed by atoms with Crippen molar-refractivity contribution in [1.29, 1.82) is 0 Å². The van der Waals surface area contributed by atoms with Gasteiger partial charge in [0.1, 0.15) is 28.8 Å². The normalized spacial score (nSPS) is 19.9.